The van der Waals surface area contributed by atoms with Crippen molar-refractivity contribution in [3.63, 3.8) is 0 Å². The lowest BCUT2D eigenvalue weighted by molar-refractivity contribution is -0.151. The summed E-state index contributed by atoms with van der Waals surface area (Å²) in [7, 11) is 0. The number of nitrogens with two attached hydrogens (primary N) is 1. The molecule has 104 valence electrons. The Bertz CT molecular complexity index is 448. The first kappa shape index (κ1) is 14.1. The molecule has 3 heteroatoms. The molecule has 1 saturated carbocycles. The van der Waals surface area contributed by atoms with Gasteiger partial charge in [-0.2, -0.15) is 0 Å². The van der Waals surface area contributed by atoms with Crippen LogP contribution in [0.15, 0.2) is 24.3 Å². The molecule has 3 nitrogen and oxygen atoms in total. The summed E-state index contributed by atoms with van der Waals surface area (Å²) in [6.45, 7) is 6.48. The molecule has 19 heavy (non-hydrogen) atoms. The minimum Gasteiger partial charge on any atom is -0.464 e. The number of esters is 1. The van der Waals surface area contributed by atoms with Crippen LogP contribution in [0.5, 0.6) is 0 Å². The lowest BCUT2D eigenvalue weighted by atomic mass is 9.85. The van der Waals surface area contributed by atoms with E-state index in [-0.39, 0.29) is 11.9 Å². The van der Waals surface area contributed by atoms with Crippen LogP contribution < -0.4 is 5.73 Å². The first-order valence-corrected chi connectivity index (χ1v) is 7.06. The Kier molecular flexibility index (Phi) is 3.95. The fourth-order valence-electron chi connectivity index (χ4n) is 2.45. The third-order valence-corrected chi connectivity index (χ3v) is 3.89. The van der Waals surface area contributed by atoms with Gasteiger partial charge < -0.3 is 10.5 Å². The van der Waals surface area contributed by atoms with Crippen molar-refractivity contribution >= 4 is 5.97 Å². The Labute approximate surface area is 115 Å². The second-order valence-electron chi connectivity index (χ2n) is 5.64. The van der Waals surface area contributed by atoms with Gasteiger partial charge in [-0.15, -0.1) is 0 Å². The summed E-state index contributed by atoms with van der Waals surface area (Å²) in [6, 6.07) is 8.07. The molecule has 0 bridgehead atoms. The predicted molar refractivity (Wildman–Crippen MR) is 75.8 cm³/mol. The first-order valence-electron chi connectivity index (χ1n) is 7.06. The summed E-state index contributed by atoms with van der Waals surface area (Å²) in [5, 5.41) is 0. The van der Waals surface area contributed by atoms with Crippen LogP contribution in [0.1, 0.15) is 50.7 Å². The average molecular weight is 261 g/mol. The van der Waals surface area contributed by atoms with E-state index in [1.54, 1.807) is 0 Å². The number of benzene rings is 1. The minimum absolute atomic E-state index is 0.219. The van der Waals surface area contributed by atoms with Crippen LogP contribution >= 0.6 is 0 Å². The van der Waals surface area contributed by atoms with Crippen molar-refractivity contribution < 1.29 is 9.53 Å². The minimum atomic E-state index is -0.967. The number of ether oxygens (including phenoxy) is 1. The molecule has 1 aromatic rings. The van der Waals surface area contributed by atoms with E-state index in [1.807, 2.05) is 19.1 Å². The van der Waals surface area contributed by atoms with Gasteiger partial charge in [-0.1, -0.05) is 38.1 Å². The van der Waals surface area contributed by atoms with Crippen molar-refractivity contribution in [3.05, 3.63) is 35.4 Å². The van der Waals surface area contributed by atoms with Gasteiger partial charge in [-0.05, 0) is 42.7 Å². The summed E-state index contributed by atoms with van der Waals surface area (Å²) in [6.07, 6.45) is 2.00. The molecule has 1 unspecified atom stereocenters. The quantitative estimate of drug-likeness (QED) is 0.829. The van der Waals surface area contributed by atoms with Gasteiger partial charge in [0.05, 0.1) is 6.61 Å². The molecule has 1 aliphatic rings. The van der Waals surface area contributed by atoms with Crippen LogP contribution in [0, 0.1) is 5.92 Å². The van der Waals surface area contributed by atoms with E-state index in [0.717, 1.165) is 18.4 Å². The number of carbonyl (C=O) groups is 1. The van der Waals surface area contributed by atoms with Crippen molar-refractivity contribution in [1.29, 1.82) is 0 Å². The molecule has 1 aromatic carbocycles. The molecule has 0 aromatic heterocycles. The highest BCUT2D eigenvalue weighted by molar-refractivity contribution is 5.83. The third-order valence-electron chi connectivity index (χ3n) is 3.89. The number of hydrogen-bond acceptors (Lipinski definition) is 3. The maximum atomic E-state index is 12.2. The van der Waals surface area contributed by atoms with Gasteiger partial charge in [-0.3, -0.25) is 0 Å². The van der Waals surface area contributed by atoms with Crippen molar-refractivity contribution in [3.8, 4) is 0 Å². The monoisotopic (exact) mass is 261 g/mol. The van der Waals surface area contributed by atoms with Crippen LogP contribution in [0.2, 0.25) is 0 Å². The number of rotatable bonds is 5. The smallest absolute Gasteiger partial charge is 0.331 e. The van der Waals surface area contributed by atoms with Gasteiger partial charge in [0, 0.05) is 0 Å². The van der Waals surface area contributed by atoms with Crippen LogP contribution in [0.25, 0.3) is 0 Å². The van der Waals surface area contributed by atoms with Crippen molar-refractivity contribution in [2.24, 2.45) is 11.7 Å². The Balaban J connectivity index is 2.31. The maximum absolute atomic E-state index is 12.2. The molecule has 0 spiro atoms. The zero-order chi connectivity index (χ0) is 14.0. The number of hydrogen-bond donors (Lipinski definition) is 1. The van der Waals surface area contributed by atoms with Gasteiger partial charge in [0.2, 0.25) is 0 Å². The van der Waals surface area contributed by atoms with Crippen LogP contribution in [-0.4, -0.2) is 12.6 Å². The lowest BCUT2D eigenvalue weighted by Gasteiger charge is -2.28. The highest BCUT2D eigenvalue weighted by Gasteiger charge is 2.50. The van der Waals surface area contributed by atoms with Crippen molar-refractivity contribution in [1.82, 2.24) is 0 Å². The van der Waals surface area contributed by atoms with E-state index in [4.69, 9.17) is 10.5 Å². The molecule has 1 aliphatic carbocycles. The molecule has 2 rings (SSSR count). The zero-order valence-corrected chi connectivity index (χ0v) is 12.0. The molecular weight excluding hydrogens is 238 g/mol. The molecule has 1 atom stereocenters. The summed E-state index contributed by atoms with van der Waals surface area (Å²) in [5.74, 6) is 0.399. The van der Waals surface area contributed by atoms with E-state index in [2.05, 4.69) is 26.0 Å². The van der Waals surface area contributed by atoms with E-state index in [9.17, 15) is 4.79 Å². The van der Waals surface area contributed by atoms with Gasteiger partial charge >= 0.3 is 5.97 Å². The first-order chi connectivity index (χ1) is 9.00. The second kappa shape index (κ2) is 5.33. The van der Waals surface area contributed by atoms with E-state index in [0.29, 0.717) is 12.5 Å². The highest BCUT2D eigenvalue weighted by Crippen LogP contribution is 2.45. The van der Waals surface area contributed by atoms with Crippen molar-refractivity contribution in [2.75, 3.05) is 6.61 Å². The highest BCUT2D eigenvalue weighted by atomic mass is 16.5. The number of carbonyl (C=O) groups excluding carboxylic acids is 1. The molecule has 2 N–H and O–H groups in total. The fraction of sp³-hybridized carbons (Fsp3) is 0.562. The van der Waals surface area contributed by atoms with Gasteiger partial charge in [0.1, 0.15) is 5.54 Å². The molecule has 0 saturated heterocycles. The maximum Gasteiger partial charge on any atom is 0.331 e. The average Bonchev–Trinajstić information content (AvgIpc) is 3.22. The lowest BCUT2D eigenvalue weighted by Crippen LogP contribution is -2.48. The largest absolute Gasteiger partial charge is 0.464 e. The van der Waals surface area contributed by atoms with Crippen LogP contribution in [0.4, 0.5) is 0 Å². The zero-order valence-electron chi connectivity index (χ0n) is 12.0. The Morgan fingerprint density at radius 2 is 1.95 bits per heavy atom. The predicted octanol–water partition coefficient (Wildman–Crippen LogP) is 2.94. The Morgan fingerprint density at radius 3 is 2.37 bits per heavy atom. The van der Waals surface area contributed by atoms with Crippen LogP contribution in [-0.2, 0) is 15.1 Å². The Morgan fingerprint density at radius 1 is 1.37 bits per heavy atom. The summed E-state index contributed by atoms with van der Waals surface area (Å²) >= 11 is 0. The Hall–Kier alpha value is -1.35. The molecule has 0 amide bonds. The van der Waals surface area contributed by atoms with E-state index < -0.39 is 5.54 Å². The summed E-state index contributed by atoms with van der Waals surface area (Å²) in [4.78, 5) is 12.2. The van der Waals surface area contributed by atoms with Gasteiger partial charge in [0.15, 0.2) is 0 Å². The van der Waals surface area contributed by atoms with E-state index in [1.165, 1.54) is 5.56 Å². The molecule has 0 aliphatic heterocycles. The topological polar surface area (TPSA) is 52.3 Å². The SMILES string of the molecule is CCOC(=O)C(N)(c1ccc(C(C)C)cc1)C1CC1. The molecule has 0 radical (unpaired) electrons. The summed E-state index contributed by atoms with van der Waals surface area (Å²) in [5.41, 5.74) is 7.57. The standard InChI is InChI=1S/C16H23NO2/c1-4-19-15(18)16(17,14-9-10-14)13-7-5-12(6-8-13)11(2)3/h5-8,11,14H,4,9-10,17H2,1-3H3. The summed E-state index contributed by atoms with van der Waals surface area (Å²) < 4.78 is 5.18. The second-order valence-corrected chi connectivity index (χ2v) is 5.64. The van der Waals surface area contributed by atoms with Crippen LogP contribution in [0.3, 0.4) is 0 Å². The molecule has 1 fully saturated rings. The fourth-order valence-corrected chi connectivity index (χ4v) is 2.45. The van der Waals surface area contributed by atoms with Gasteiger partial charge in [-0.25, -0.2) is 4.79 Å². The van der Waals surface area contributed by atoms with Crippen molar-refractivity contribution in [2.45, 2.75) is 45.1 Å². The van der Waals surface area contributed by atoms with E-state index >= 15 is 0 Å². The van der Waals surface area contributed by atoms with Gasteiger partial charge in [0.25, 0.3) is 0 Å². The third kappa shape index (κ3) is 2.66. The normalized spacial score (nSPS) is 18.2. The molecular formula is C16H23NO2. The molecule has 0 heterocycles.